The van der Waals surface area contributed by atoms with Gasteiger partial charge in [-0.05, 0) is 101 Å². The average Bonchev–Trinajstić information content (AvgIpc) is 3.75. The van der Waals surface area contributed by atoms with Crippen molar-refractivity contribution in [3.8, 4) is 56.4 Å². The lowest BCUT2D eigenvalue weighted by molar-refractivity contribution is 0.644. The van der Waals surface area contributed by atoms with E-state index in [2.05, 4.69) is 205 Å². The Morgan fingerprint density at radius 1 is 0.439 bits per heavy atom. The van der Waals surface area contributed by atoms with E-state index in [-0.39, 0.29) is 0 Å². The predicted octanol–water partition coefficient (Wildman–Crippen LogP) is 15.9. The molecule has 0 fully saturated rings. The molecule has 314 valence electrons. The molecule has 3 heterocycles. The summed E-state index contributed by atoms with van der Waals surface area (Å²) in [7, 11) is 0. The lowest BCUT2D eigenvalue weighted by Gasteiger charge is -2.42. The Bertz CT molecular complexity index is 3670. The van der Waals surface area contributed by atoms with Crippen LogP contribution in [0.15, 0.2) is 215 Å². The van der Waals surface area contributed by atoms with E-state index in [0.29, 0.717) is 17.5 Å². The molecule has 0 amide bonds. The van der Waals surface area contributed by atoms with Crippen molar-refractivity contribution in [2.45, 2.75) is 19.3 Å². The first-order chi connectivity index (χ1) is 32.4. The van der Waals surface area contributed by atoms with E-state index in [0.717, 1.165) is 87.9 Å². The molecule has 1 aliphatic heterocycles. The topological polar surface area (TPSA) is 63.8 Å². The van der Waals surface area contributed by atoms with Gasteiger partial charge in [0.05, 0.1) is 5.41 Å². The van der Waals surface area contributed by atoms with Crippen molar-refractivity contribution in [3.63, 3.8) is 0 Å². The molecule has 9 aromatic carbocycles. The third-order valence-corrected chi connectivity index (χ3v) is 13.6. The minimum absolute atomic E-state index is 0.610. The standard InChI is InChI=1S/C60H41BrN4O/c1-37-13-10-17-43(33-37)58-63-57(40-25-29-46(61)30-26-40)64-59(65-58)44-18-11-16-41(35-44)42-27-32-51-54(36-42)62-53-23-8-7-21-50(53)60(51,45-28-31-47(38(2)34-45)39-14-4-3-5-15-39)52-22-12-20-49-48-19-6-9-24-55(48)66-56(49)52/h3-36,62H,1-2H3. The van der Waals surface area contributed by atoms with Crippen LogP contribution in [0.1, 0.15) is 33.4 Å². The minimum Gasteiger partial charge on any atom is -0.456 e. The Kier molecular flexibility index (Phi) is 9.58. The zero-order chi connectivity index (χ0) is 44.4. The van der Waals surface area contributed by atoms with Gasteiger partial charge in [-0.3, -0.25) is 0 Å². The fourth-order valence-corrected chi connectivity index (χ4v) is 10.2. The van der Waals surface area contributed by atoms with Crippen LogP contribution in [0.4, 0.5) is 11.4 Å². The van der Waals surface area contributed by atoms with Gasteiger partial charge in [-0.15, -0.1) is 0 Å². The van der Waals surface area contributed by atoms with Crippen molar-refractivity contribution in [3.05, 3.63) is 244 Å². The van der Waals surface area contributed by atoms with Crippen molar-refractivity contribution in [2.75, 3.05) is 5.32 Å². The molecule has 66 heavy (non-hydrogen) atoms. The maximum atomic E-state index is 6.93. The van der Waals surface area contributed by atoms with Crippen LogP contribution in [-0.2, 0) is 5.41 Å². The van der Waals surface area contributed by atoms with Crippen LogP contribution in [-0.4, -0.2) is 15.0 Å². The maximum Gasteiger partial charge on any atom is 0.164 e. The van der Waals surface area contributed by atoms with Crippen LogP contribution in [0.25, 0.3) is 78.4 Å². The molecule has 0 bridgehead atoms. The number of para-hydroxylation sites is 3. The zero-order valence-corrected chi connectivity index (χ0v) is 37.8. The van der Waals surface area contributed by atoms with Gasteiger partial charge in [0.15, 0.2) is 17.5 Å². The van der Waals surface area contributed by atoms with Crippen LogP contribution >= 0.6 is 15.9 Å². The smallest absolute Gasteiger partial charge is 0.164 e. The van der Waals surface area contributed by atoms with Crippen LogP contribution in [0.2, 0.25) is 0 Å². The molecular weight excluding hydrogens is 873 g/mol. The summed E-state index contributed by atoms with van der Waals surface area (Å²) in [4.78, 5) is 15.2. The molecule has 1 N–H and O–H groups in total. The molecule has 0 radical (unpaired) electrons. The summed E-state index contributed by atoms with van der Waals surface area (Å²) in [5.41, 5.74) is 17.2. The molecule has 12 rings (SSSR count). The summed E-state index contributed by atoms with van der Waals surface area (Å²) in [6, 6.07) is 73.1. The van der Waals surface area contributed by atoms with Crippen LogP contribution in [0.5, 0.6) is 0 Å². The van der Waals surface area contributed by atoms with Crippen LogP contribution < -0.4 is 5.32 Å². The number of halogens is 1. The van der Waals surface area contributed by atoms with Crippen molar-refractivity contribution < 1.29 is 4.42 Å². The summed E-state index contributed by atoms with van der Waals surface area (Å²) in [6.45, 7) is 4.31. The Hall–Kier alpha value is -7.93. The molecule has 0 saturated carbocycles. The van der Waals surface area contributed by atoms with Crippen molar-refractivity contribution >= 4 is 49.2 Å². The van der Waals surface area contributed by atoms with Gasteiger partial charge in [0.2, 0.25) is 0 Å². The van der Waals surface area contributed by atoms with Gasteiger partial charge in [0.1, 0.15) is 11.2 Å². The van der Waals surface area contributed by atoms with E-state index in [4.69, 9.17) is 19.4 Å². The van der Waals surface area contributed by atoms with E-state index >= 15 is 0 Å². The lowest BCUT2D eigenvalue weighted by Crippen LogP contribution is -2.35. The summed E-state index contributed by atoms with van der Waals surface area (Å²) < 4.78 is 7.93. The second-order valence-electron chi connectivity index (χ2n) is 17.1. The SMILES string of the molecule is Cc1cccc(-c2nc(-c3ccc(Br)cc3)nc(-c3cccc(-c4ccc5c(c4)Nc4ccccc4C5(c4ccc(-c5ccccc5)c(C)c4)c4cccc5c4oc4ccccc45)c3)n2)c1. The molecule has 6 heteroatoms. The van der Waals surface area contributed by atoms with E-state index in [1.165, 1.54) is 22.3 Å². The highest BCUT2D eigenvalue weighted by molar-refractivity contribution is 9.10. The predicted molar refractivity (Wildman–Crippen MR) is 273 cm³/mol. The van der Waals surface area contributed by atoms with Gasteiger partial charge >= 0.3 is 0 Å². The third kappa shape index (κ3) is 6.64. The highest BCUT2D eigenvalue weighted by Crippen LogP contribution is 2.56. The van der Waals surface area contributed by atoms with Crippen molar-refractivity contribution in [1.29, 1.82) is 0 Å². The van der Waals surface area contributed by atoms with Crippen LogP contribution in [0.3, 0.4) is 0 Å². The van der Waals surface area contributed by atoms with Crippen LogP contribution in [0, 0.1) is 13.8 Å². The van der Waals surface area contributed by atoms with E-state index in [9.17, 15) is 0 Å². The number of furan rings is 1. The number of rotatable bonds is 7. The van der Waals surface area contributed by atoms with Gasteiger partial charge in [0.25, 0.3) is 0 Å². The Morgan fingerprint density at radius 2 is 1.05 bits per heavy atom. The minimum atomic E-state index is -0.759. The molecule has 1 aliphatic rings. The van der Waals surface area contributed by atoms with E-state index < -0.39 is 5.41 Å². The fourth-order valence-electron chi connectivity index (χ4n) is 9.99. The molecular formula is C60H41BrN4O. The molecule has 0 spiro atoms. The average molecular weight is 914 g/mol. The Morgan fingerprint density at radius 3 is 1.85 bits per heavy atom. The first-order valence-electron chi connectivity index (χ1n) is 22.2. The molecule has 1 atom stereocenters. The lowest BCUT2D eigenvalue weighted by atomic mass is 9.62. The second kappa shape index (κ2) is 15.9. The molecule has 11 aromatic rings. The fraction of sp³-hybridized carbons (Fsp3) is 0.0500. The number of hydrogen-bond donors (Lipinski definition) is 1. The van der Waals surface area contributed by atoms with E-state index in [1.807, 2.05) is 36.4 Å². The summed E-state index contributed by atoms with van der Waals surface area (Å²) in [5.74, 6) is 1.86. The van der Waals surface area contributed by atoms with E-state index in [1.54, 1.807) is 0 Å². The Balaban J connectivity index is 1.05. The molecule has 0 saturated heterocycles. The van der Waals surface area contributed by atoms with Gasteiger partial charge in [0, 0.05) is 48.9 Å². The number of aryl methyl sites for hydroxylation is 2. The zero-order valence-electron chi connectivity index (χ0n) is 36.3. The number of anilines is 2. The first-order valence-corrected chi connectivity index (χ1v) is 23.0. The number of nitrogens with zero attached hydrogens (tertiary/aromatic N) is 3. The summed E-state index contributed by atoms with van der Waals surface area (Å²) in [6.07, 6.45) is 0. The largest absolute Gasteiger partial charge is 0.456 e. The second-order valence-corrected chi connectivity index (χ2v) is 18.0. The maximum absolute atomic E-state index is 6.93. The van der Waals surface area contributed by atoms with Crippen molar-refractivity contribution in [1.82, 2.24) is 15.0 Å². The summed E-state index contributed by atoms with van der Waals surface area (Å²) in [5, 5.41) is 6.11. The molecule has 5 nitrogen and oxygen atoms in total. The molecule has 2 aromatic heterocycles. The number of fused-ring (bicyclic) bond motifs is 5. The van der Waals surface area contributed by atoms with Gasteiger partial charge < -0.3 is 9.73 Å². The highest BCUT2D eigenvalue weighted by atomic mass is 79.9. The molecule has 0 aliphatic carbocycles. The number of hydrogen-bond acceptors (Lipinski definition) is 5. The van der Waals surface area contributed by atoms with Gasteiger partial charge in [-0.1, -0.05) is 185 Å². The summed E-state index contributed by atoms with van der Waals surface area (Å²) >= 11 is 3.59. The van der Waals surface area contributed by atoms with Gasteiger partial charge in [-0.25, -0.2) is 15.0 Å². The Labute approximate surface area is 391 Å². The first kappa shape index (κ1) is 39.6. The monoisotopic (exact) mass is 912 g/mol. The normalized spacial score (nSPS) is 14.2. The quantitative estimate of drug-likeness (QED) is 0.173. The number of aromatic nitrogens is 3. The van der Waals surface area contributed by atoms with Crippen molar-refractivity contribution in [2.24, 2.45) is 0 Å². The third-order valence-electron chi connectivity index (χ3n) is 13.0. The van der Waals surface area contributed by atoms with Gasteiger partial charge in [-0.2, -0.15) is 0 Å². The number of benzene rings is 9. The number of nitrogens with one attached hydrogen (secondary N) is 1. The highest BCUT2D eigenvalue weighted by Gasteiger charge is 2.46. The molecule has 1 unspecified atom stereocenters.